The van der Waals surface area contributed by atoms with E-state index in [1.54, 1.807) is 12.4 Å². The van der Waals surface area contributed by atoms with E-state index in [1.165, 1.54) is 0 Å². The molecule has 1 aromatic carbocycles. The fourth-order valence-corrected chi connectivity index (χ4v) is 1.64. The van der Waals surface area contributed by atoms with E-state index >= 15 is 0 Å². The van der Waals surface area contributed by atoms with Crippen LogP contribution in [0.3, 0.4) is 0 Å². The van der Waals surface area contributed by atoms with E-state index in [0.29, 0.717) is 18.9 Å². The molecule has 0 saturated heterocycles. The molecule has 0 fully saturated rings. The molecule has 3 heteroatoms. The van der Waals surface area contributed by atoms with Crippen molar-refractivity contribution in [2.45, 2.75) is 13.0 Å². The third-order valence-corrected chi connectivity index (χ3v) is 2.66. The quantitative estimate of drug-likeness (QED) is 0.626. The van der Waals surface area contributed by atoms with Gasteiger partial charge in [-0.3, -0.25) is 4.98 Å². The number of pyridine rings is 1. The Labute approximate surface area is 118 Å². The minimum absolute atomic E-state index is 0.511. The minimum atomic E-state index is 0.511. The van der Waals surface area contributed by atoms with Crippen molar-refractivity contribution < 1.29 is 4.74 Å². The molecule has 2 aromatic rings. The normalized spacial score (nSPS) is 9.53. The molecule has 0 aliphatic rings. The van der Waals surface area contributed by atoms with Gasteiger partial charge in [0.25, 0.3) is 0 Å². The van der Waals surface area contributed by atoms with E-state index in [-0.39, 0.29) is 0 Å². The van der Waals surface area contributed by atoms with Crippen molar-refractivity contribution in [3.05, 3.63) is 59.9 Å². The van der Waals surface area contributed by atoms with Crippen molar-refractivity contribution in [1.29, 1.82) is 0 Å². The average molecular weight is 272 g/mol. The van der Waals surface area contributed by atoms with Gasteiger partial charge in [-0.15, -0.1) is 11.6 Å². The van der Waals surface area contributed by atoms with Crippen LogP contribution in [-0.4, -0.2) is 10.9 Å². The van der Waals surface area contributed by atoms with Crippen LogP contribution in [0.2, 0.25) is 0 Å². The highest BCUT2D eigenvalue weighted by molar-refractivity contribution is 6.18. The third-order valence-electron chi connectivity index (χ3n) is 2.47. The molecule has 1 heterocycles. The van der Waals surface area contributed by atoms with Crippen LogP contribution in [0.15, 0.2) is 48.8 Å². The lowest BCUT2D eigenvalue weighted by molar-refractivity contribution is 0.305. The second-order valence-corrected chi connectivity index (χ2v) is 4.26. The van der Waals surface area contributed by atoms with Crippen LogP contribution in [0, 0.1) is 11.8 Å². The number of benzene rings is 1. The molecular weight excluding hydrogens is 258 g/mol. The molecule has 0 atom stereocenters. The lowest BCUT2D eigenvalue weighted by Gasteiger charge is -2.07. The molecule has 0 N–H and O–H groups in total. The highest BCUT2D eigenvalue weighted by atomic mass is 35.5. The number of ether oxygens (including phenoxy) is 1. The van der Waals surface area contributed by atoms with Crippen LogP contribution in [0.25, 0.3) is 0 Å². The van der Waals surface area contributed by atoms with Crippen molar-refractivity contribution in [3.8, 4) is 17.6 Å². The van der Waals surface area contributed by atoms with Gasteiger partial charge in [0.1, 0.15) is 12.4 Å². The summed E-state index contributed by atoms with van der Waals surface area (Å²) in [6.45, 7) is 0.511. The smallest absolute Gasteiger partial charge is 0.135 e. The van der Waals surface area contributed by atoms with Gasteiger partial charge in [0.15, 0.2) is 0 Å². The average Bonchev–Trinajstić information content (AvgIpc) is 2.48. The number of hydrogen-bond donors (Lipinski definition) is 0. The maximum Gasteiger partial charge on any atom is 0.135 e. The summed E-state index contributed by atoms with van der Waals surface area (Å²) in [5.74, 6) is 7.44. The largest absolute Gasteiger partial charge is 0.488 e. The van der Waals surface area contributed by atoms with Gasteiger partial charge in [-0.1, -0.05) is 24.0 Å². The third kappa shape index (κ3) is 4.31. The number of hydrogen-bond acceptors (Lipinski definition) is 2. The number of halogens is 1. The topological polar surface area (TPSA) is 22.1 Å². The first-order valence-corrected chi connectivity index (χ1v) is 6.59. The van der Waals surface area contributed by atoms with E-state index < -0.39 is 0 Å². The van der Waals surface area contributed by atoms with E-state index in [9.17, 15) is 0 Å². The van der Waals surface area contributed by atoms with Crippen molar-refractivity contribution in [3.63, 3.8) is 0 Å². The molecule has 0 aliphatic heterocycles. The van der Waals surface area contributed by atoms with Gasteiger partial charge in [0.05, 0.1) is 5.56 Å². The SMILES string of the molecule is ClCCC#Cc1ccccc1OCc1ccncc1. The molecule has 96 valence electrons. The van der Waals surface area contributed by atoms with Crippen LogP contribution < -0.4 is 4.74 Å². The highest BCUT2D eigenvalue weighted by Gasteiger charge is 2.00. The lowest BCUT2D eigenvalue weighted by atomic mass is 10.2. The molecule has 0 saturated carbocycles. The standard InChI is InChI=1S/C16H14ClNO/c17-10-4-3-6-15-5-1-2-7-16(15)19-13-14-8-11-18-12-9-14/h1-2,5,7-9,11-12H,4,10,13H2. The van der Waals surface area contributed by atoms with Crippen LogP contribution >= 0.6 is 11.6 Å². The van der Waals surface area contributed by atoms with Gasteiger partial charge < -0.3 is 4.74 Å². The summed E-state index contributed by atoms with van der Waals surface area (Å²) >= 11 is 5.61. The van der Waals surface area contributed by atoms with Gasteiger partial charge in [-0.2, -0.15) is 0 Å². The number of rotatable bonds is 4. The predicted octanol–water partition coefficient (Wildman–Crippen LogP) is 3.64. The first-order valence-electron chi connectivity index (χ1n) is 6.05. The number of aromatic nitrogens is 1. The van der Waals surface area contributed by atoms with Crippen molar-refractivity contribution in [1.82, 2.24) is 4.98 Å². The molecule has 0 spiro atoms. The molecular formula is C16H14ClNO. The molecule has 2 nitrogen and oxygen atoms in total. The zero-order valence-corrected chi connectivity index (χ0v) is 11.2. The van der Waals surface area contributed by atoms with Gasteiger partial charge in [0, 0.05) is 24.7 Å². The fraction of sp³-hybridized carbons (Fsp3) is 0.188. The van der Waals surface area contributed by atoms with E-state index in [0.717, 1.165) is 16.9 Å². The van der Waals surface area contributed by atoms with Crippen molar-refractivity contribution in [2.24, 2.45) is 0 Å². The Morgan fingerprint density at radius 1 is 1.11 bits per heavy atom. The number of alkyl halides is 1. The fourth-order valence-electron chi connectivity index (χ4n) is 1.54. The minimum Gasteiger partial charge on any atom is -0.488 e. The van der Waals surface area contributed by atoms with Gasteiger partial charge in [0.2, 0.25) is 0 Å². The molecule has 0 bridgehead atoms. The monoisotopic (exact) mass is 271 g/mol. The maximum absolute atomic E-state index is 5.79. The molecule has 19 heavy (non-hydrogen) atoms. The molecule has 2 rings (SSSR count). The molecule has 0 radical (unpaired) electrons. The first kappa shape index (κ1) is 13.5. The zero-order chi connectivity index (χ0) is 13.3. The summed E-state index contributed by atoms with van der Waals surface area (Å²) in [5.41, 5.74) is 1.97. The van der Waals surface area contributed by atoms with E-state index in [4.69, 9.17) is 16.3 Å². The Kier molecular flexibility index (Phi) is 5.28. The van der Waals surface area contributed by atoms with Crippen LogP contribution in [0.5, 0.6) is 5.75 Å². The second kappa shape index (κ2) is 7.45. The highest BCUT2D eigenvalue weighted by Crippen LogP contribution is 2.18. The van der Waals surface area contributed by atoms with Crippen molar-refractivity contribution >= 4 is 11.6 Å². The summed E-state index contributed by atoms with van der Waals surface area (Å²) in [6.07, 6.45) is 4.19. The first-order chi connectivity index (χ1) is 9.40. The van der Waals surface area contributed by atoms with Crippen LogP contribution in [-0.2, 0) is 6.61 Å². The Morgan fingerprint density at radius 2 is 1.89 bits per heavy atom. The molecule has 0 unspecified atom stereocenters. The van der Waals surface area contributed by atoms with E-state index in [2.05, 4.69) is 16.8 Å². The number of nitrogens with zero attached hydrogens (tertiary/aromatic N) is 1. The van der Waals surface area contributed by atoms with Gasteiger partial charge in [-0.25, -0.2) is 0 Å². The molecule has 0 amide bonds. The summed E-state index contributed by atoms with van der Waals surface area (Å²) in [6, 6.07) is 11.6. The Bertz CT molecular complexity index is 572. The lowest BCUT2D eigenvalue weighted by Crippen LogP contribution is -1.97. The zero-order valence-electron chi connectivity index (χ0n) is 10.5. The van der Waals surface area contributed by atoms with Gasteiger partial charge >= 0.3 is 0 Å². The van der Waals surface area contributed by atoms with Crippen LogP contribution in [0.4, 0.5) is 0 Å². The summed E-state index contributed by atoms with van der Waals surface area (Å²) in [7, 11) is 0. The summed E-state index contributed by atoms with van der Waals surface area (Å²) in [5, 5.41) is 0. The van der Waals surface area contributed by atoms with Crippen LogP contribution in [0.1, 0.15) is 17.5 Å². The molecule has 0 aliphatic carbocycles. The Hall–Kier alpha value is -1.98. The predicted molar refractivity (Wildman–Crippen MR) is 77.2 cm³/mol. The summed E-state index contributed by atoms with van der Waals surface area (Å²) < 4.78 is 5.79. The van der Waals surface area contributed by atoms with Crippen molar-refractivity contribution in [2.75, 3.05) is 5.88 Å². The van der Waals surface area contributed by atoms with Gasteiger partial charge in [-0.05, 0) is 29.8 Å². The second-order valence-electron chi connectivity index (χ2n) is 3.88. The molecule has 1 aromatic heterocycles. The Morgan fingerprint density at radius 3 is 2.68 bits per heavy atom. The number of para-hydroxylation sites is 1. The Balaban J connectivity index is 2.06. The maximum atomic E-state index is 5.79. The van der Waals surface area contributed by atoms with E-state index in [1.807, 2.05) is 36.4 Å². The summed E-state index contributed by atoms with van der Waals surface area (Å²) in [4.78, 5) is 3.98.